The molecular weight excluding hydrogens is 350 g/mol. The molecule has 0 spiro atoms. The first-order chi connectivity index (χ1) is 11.7. The van der Waals surface area contributed by atoms with E-state index in [2.05, 4.69) is 5.10 Å². The number of benzene rings is 1. The molecule has 2 N–H and O–H groups in total. The molecular formula is C15H17N3O6S. The normalized spacial score (nSPS) is 11.2. The summed E-state index contributed by atoms with van der Waals surface area (Å²) < 4.78 is 34.7. The van der Waals surface area contributed by atoms with Crippen LogP contribution in [-0.2, 0) is 14.6 Å². The molecule has 0 amide bonds. The van der Waals surface area contributed by atoms with E-state index in [4.69, 9.17) is 15.2 Å². The first-order valence-corrected chi connectivity index (χ1v) is 9.04. The summed E-state index contributed by atoms with van der Waals surface area (Å²) in [6, 6.07) is 5.95. The van der Waals surface area contributed by atoms with Gasteiger partial charge < -0.3 is 15.2 Å². The van der Waals surface area contributed by atoms with Gasteiger partial charge in [0.2, 0.25) is 0 Å². The Hall–Kier alpha value is -2.88. The highest BCUT2D eigenvalue weighted by Gasteiger charge is 2.32. The Bertz CT molecular complexity index is 915. The van der Waals surface area contributed by atoms with Crippen LogP contribution >= 0.6 is 0 Å². The number of carbonyl (C=O) groups is 2. The number of hydrogen-bond acceptors (Lipinski definition) is 8. The summed E-state index contributed by atoms with van der Waals surface area (Å²) in [5.74, 6) is -1.60. The van der Waals surface area contributed by atoms with Gasteiger partial charge in [-0.25, -0.2) is 13.2 Å². The average molecular weight is 367 g/mol. The molecule has 0 aliphatic heterocycles. The van der Waals surface area contributed by atoms with E-state index in [0.717, 1.165) is 6.26 Å². The molecule has 0 fully saturated rings. The fourth-order valence-corrected chi connectivity index (χ4v) is 3.15. The Balaban J connectivity index is 2.62. The second-order valence-electron chi connectivity index (χ2n) is 5.00. The molecule has 9 nitrogen and oxygen atoms in total. The lowest BCUT2D eigenvalue weighted by molar-refractivity contribution is 0.0522. The molecule has 10 heteroatoms. The molecule has 0 atom stereocenters. The second-order valence-corrected chi connectivity index (χ2v) is 6.93. The summed E-state index contributed by atoms with van der Waals surface area (Å²) in [5, 5.41) is 3.13. The van der Waals surface area contributed by atoms with Gasteiger partial charge in [0.15, 0.2) is 20.7 Å². The maximum Gasteiger partial charge on any atom is 0.344 e. The molecule has 25 heavy (non-hydrogen) atoms. The third-order valence-electron chi connectivity index (χ3n) is 3.23. The van der Waals surface area contributed by atoms with Crippen LogP contribution in [0.5, 0.6) is 5.75 Å². The van der Waals surface area contributed by atoms with E-state index in [1.807, 2.05) is 0 Å². The third-order valence-corrected chi connectivity index (χ3v) is 4.31. The third kappa shape index (κ3) is 3.63. The van der Waals surface area contributed by atoms with Gasteiger partial charge in [-0.3, -0.25) is 4.79 Å². The summed E-state index contributed by atoms with van der Waals surface area (Å²) >= 11 is 0. The topological polar surface area (TPSA) is 131 Å². The Morgan fingerprint density at radius 3 is 2.32 bits per heavy atom. The number of carbonyl (C=O) groups excluding carboxylic acids is 2. The van der Waals surface area contributed by atoms with Crippen molar-refractivity contribution in [2.45, 2.75) is 11.9 Å². The highest BCUT2D eigenvalue weighted by Crippen LogP contribution is 2.24. The van der Waals surface area contributed by atoms with Crippen LogP contribution in [0.4, 0.5) is 5.82 Å². The maximum absolute atomic E-state index is 12.6. The van der Waals surface area contributed by atoms with E-state index < -0.39 is 38.1 Å². The minimum Gasteiger partial charge on any atom is -0.497 e. The molecule has 0 bridgehead atoms. The van der Waals surface area contributed by atoms with Gasteiger partial charge in [0.25, 0.3) is 5.91 Å². The van der Waals surface area contributed by atoms with Crippen LogP contribution in [0.3, 0.4) is 0 Å². The largest absolute Gasteiger partial charge is 0.497 e. The van der Waals surface area contributed by atoms with Crippen LogP contribution < -0.4 is 10.5 Å². The number of ether oxygens (including phenoxy) is 2. The Labute approximate surface area is 144 Å². The highest BCUT2D eigenvalue weighted by atomic mass is 32.2. The van der Waals surface area contributed by atoms with Crippen molar-refractivity contribution in [3.63, 3.8) is 0 Å². The van der Waals surface area contributed by atoms with Crippen LogP contribution in [0.1, 0.15) is 27.6 Å². The Morgan fingerprint density at radius 1 is 1.24 bits per heavy atom. The number of nitrogens with zero attached hydrogens (tertiary/aromatic N) is 2. The fraction of sp³-hybridized carbons (Fsp3) is 0.267. The first kappa shape index (κ1) is 18.5. The lowest BCUT2D eigenvalue weighted by Crippen LogP contribution is -2.20. The number of anilines is 1. The Kier molecular flexibility index (Phi) is 5.12. The van der Waals surface area contributed by atoms with E-state index >= 15 is 0 Å². The molecule has 2 aromatic rings. The molecule has 1 aromatic carbocycles. The van der Waals surface area contributed by atoms with E-state index in [9.17, 15) is 18.0 Å². The predicted molar refractivity (Wildman–Crippen MR) is 88.4 cm³/mol. The molecule has 134 valence electrons. The SMILES string of the molecule is CCOC(=O)c1c(N)nn(C(=O)c2ccc(OC)cc2)c1S(C)(=O)=O. The van der Waals surface area contributed by atoms with Gasteiger partial charge in [0, 0.05) is 11.8 Å². The molecule has 0 aliphatic rings. The van der Waals surface area contributed by atoms with Crippen molar-refractivity contribution in [3.8, 4) is 5.75 Å². The Morgan fingerprint density at radius 2 is 1.84 bits per heavy atom. The van der Waals surface area contributed by atoms with Crippen LogP contribution in [0.2, 0.25) is 0 Å². The quantitative estimate of drug-likeness (QED) is 0.766. The fourth-order valence-electron chi connectivity index (χ4n) is 2.15. The number of sulfone groups is 1. The minimum absolute atomic E-state index is 0.0130. The summed E-state index contributed by atoms with van der Waals surface area (Å²) in [6.45, 7) is 1.57. The summed E-state index contributed by atoms with van der Waals surface area (Å²) in [4.78, 5) is 24.7. The molecule has 2 rings (SSSR count). The lowest BCUT2D eigenvalue weighted by Gasteiger charge is -2.07. The number of methoxy groups -OCH3 is 1. The zero-order valence-electron chi connectivity index (χ0n) is 13.8. The van der Waals surface area contributed by atoms with Crippen molar-refractivity contribution in [1.29, 1.82) is 0 Å². The van der Waals surface area contributed by atoms with Crippen LogP contribution in [-0.4, -0.2) is 50.0 Å². The van der Waals surface area contributed by atoms with Crippen molar-refractivity contribution in [2.75, 3.05) is 25.7 Å². The van der Waals surface area contributed by atoms with Crippen molar-refractivity contribution < 1.29 is 27.5 Å². The van der Waals surface area contributed by atoms with Gasteiger partial charge in [-0.15, -0.1) is 5.10 Å². The molecule has 1 heterocycles. The second kappa shape index (κ2) is 6.93. The van der Waals surface area contributed by atoms with Crippen molar-refractivity contribution in [2.24, 2.45) is 0 Å². The molecule has 0 saturated carbocycles. The number of aromatic nitrogens is 2. The summed E-state index contributed by atoms with van der Waals surface area (Å²) in [6.07, 6.45) is 0.851. The van der Waals surface area contributed by atoms with Gasteiger partial charge >= 0.3 is 5.97 Å². The number of hydrogen-bond donors (Lipinski definition) is 1. The van der Waals surface area contributed by atoms with E-state index in [-0.39, 0.29) is 12.2 Å². The monoisotopic (exact) mass is 367 g/mol. The van der Waals surface area contributed by atoms with Gasteiger partial charge in [-0.2, -0.15) is 4.68 Å². The minimum atomic E-state index is -4.00. The van der Waals surface area contributed by atoms with E-state index in [1.165, 1.54) is 31.4 Å². The van der Waals surface area contributed by atoms with Gasteiger partial charge in [0.05, 0.1) is 13.7 Å². The lowest BCUT2D eigenvalue weighted by atomic mass is 10.2. The predicted octanol–water partition coefficient (Wildman–Crippen LogP) is 0.743. The average Bonchev–Trinajstić information content (AvgIpc) is 2.92. The van der Waals surface area contributed by atoms with Crippen LogP contribution in [0.15, 0.2) is 29.3 Å². The van der Waals surface area contributed by atoms with Gasteiger partial charge in [-0.05, 0) is 31.2 Å². The smallest absolute Gasteiger partial charge is 0.344 e. The molecule has 0 aliphatic carbocycles. The molecule has 0 saturated heterocycles. The number of rotatable bonds is 5. The molecule has 0 unspecified atom stereocenters. The summed E-state index contributed by atoms with van der Waals surface area (Å²) in [5.41, 5.74) is 5.35. The zero-order valence-corrected chi connectivity index (χ0v) is 14.7. The van der Waals surface area contributed by atoms with Gasteiger partial charge in [-0.1, -0.05) is 0 Å². The van der Waals surface area contributed by atoms with Gasteiger partial charge in [0.1, 0.15) is 11.3 Å². The summed E-state index contributed by atoms with van der Waals surface area (Å²) in [7, 11) is -2.53. The zero-order chi connectivity index (χ0) is 18.8. The number of esters is 1. The van der Waals surface area contributed by atoms with Crippen molar-refractivity contribution >= 4 is 27.5 Å². The maximum atomic E-state index is 12.6. The molecule has 0 radical (unpaired) electrons. The van der Waals surface area contributed by atoms with Crippen molar-refractivity contribution in [3.05, 3.63) is 35.4 Å². The molecule has 1 aromatic heterocycles. The van der Waals surface area contributed by atoms with E-state index in [0.29, 0.717) is 10.4 Å². The van der Waals surface area contributed by atoms with E-state index in [1.54, 1.807) is 6.92 Å². The van der Waals surface area contributed by atoms with Crippen LogP contribution in [0, 0.1) is 0 Å². The first-order valence-electron chi connectivity index (χ1n) is 7.15. The van der Waals surface area contributed by atoms with Crippen LogP contribution in [0.25, 0.3) is 0 Å². The number of nitrogen functional groups attached to an aromatic ring is 1. The standard InChI is InChI=1S/C15H17N3O6S/c1-4-24-15(20)11-12(16)17-18(14(11)25(3,21)22)13(19)9-5-7-10(23-2)8-6-9/h5-8H,4H2,1-3H3,(H2,16,17). The highest BCUT2D eigenvalue weighted by molar-refractivity contribution is 7.90. The number of nitrogens with two attached hydrogens (primary N) is 1. The van der Waals surface area contributed by atoms with Crippen molar-refractivity contribution in [1.82, 2.24) is 9.78 Å².